The van der Waals surface area contributed by atoms with Crippen molar-refractivity contribution in [3.63, 3.8) is 0 Å². The summed E-state index contributed by atoms with van der Waals surface area (Å²) in [7, 11) is 0. The molecule has 0 atom stereocenters. The Kier molecular flexibility index (Phi) is 3.29. The van der Waals surface area contributed by atoms with Crippen molar-refractivity contribution in [2.45, 2.75) is 0 Å². The van der Waals surface area contributed by atoms with Crippen LogP contribution in [0.4, 0.5) is 0 Å². The average molecular weight is 264 g/mol. The van der Waals surface area contributed by atoms with E-state index in [-0.39, 0.29) is 11.7 Å². The number of nitrogens with zero attached hydrogens (tertiary/aromatic N) is 1. The number of carbonyl (C=O) groups is 1. The Balaban J connectivity index is 1.79. The van der Waals surface area contributed by atoms with E-state index >= 15 is 0 Å². The zero-order valence-electron chi connectivity index (χ0n) is 10.6. The van der Waals surface area contributed by atoms with Gasteiger partial charge in [0.2, 0.25) is 0 Å². The lowest BCUT2D eigenvalue weighted by atomic mass is 10.1. The van der Waals surface area contributed by atoms with Crippen molar-refractivity contribution in [3.8, 4) is 0 Å². The van der Waals surface area contributed by atoms with Crippen molar-refractivity contribution in [2.24, 2.45) is 5.10 Å². The van der Waals surface area contributed by atoms with Gasteiger partial charge < -0.3 is 4.42 Å². The molecule has 1 N–H and O–H groups in total. The molecule has 1 amide bonds. The van der Waals surface area contributed by atoms with E-state index in [0.29, 0.717) is 0 Å². The normalized spacial score (nSPS) is 11.0. The fourth-order valence-electron chi connectivity index (χ4n) is 1.99. The summed E-state index contributed by atoms with van der Waals surface area (Å²) in [6, 6.07) is 17.2. The number of carbonyl (C=O) groups excluding carboxylic acids is 1. The predicted octanol–water partition coefficient (Wildman–Crippen LogP) is 3.20. The van der Waals surface area contributed by atoms with Crippen LogP contribution in [0.25, 0.3) is 10.8 Å². The number of hydrogen-bond donors (Lipinski definition) is 1. The fourth-order valence-corrected chi connectivity index (χ4v) is 1.99. The Morgan fingerprint density at radius 3 is 2.75 bits per heavy atom. The molecule has 1 aromatic heterocycles. The lowest BCUT2D eigenvalue weighted by Crippen LogP contribution is -2.16. The lowest BCUT2D eigenvalue weighted by Gasteiger charge is -2.01. The van der Waals surface area contributed by atoms with E-state index in [1.54, 1.807) is 18.3 Å². The van der Waals surface area contributed by atoms with Crippen LogP contribution in [0.1, 0.15) is 16.1 Å². The molecule has 98 valence electrons. The molecule has 0 fully saturated rings. The third-order valence-electron chi connectivity index (χ3n) is 2.94. The van der Waals surface area contributed by atoms with Crippen molar-refractivity contribution in [2.75, 3.05) is 0 Å². The molecule has 0 radical (unpaired) electrons. The van der Waals surface area contributed by atoms with Gasteiger partial charge in [0.1, 0.15) is 0 Å². The summed E-state index contributed by atoms with van der Waals surface area (Å²) in [5.41, 5.74) is 3.38. The van der Waals surface area contributed by atoms with Gasteiger partial charge in [-0.2, -0.15) is 5.10 Å². The Morgan fingerprint density at radius 2 is 1.90 bits per heavy atom. The molecule has 3 aromatic rings. The summed E-state index contributed by atoms with van der Waals surface area (Å²) in [5.74, 6) is -0.133. The molecule has 4 heteroatoms. The number of fused-ring (bicyclic) bond motifs is 1. The van der Waals surface area contributed by atoms with Gasteiger partial charge in [0, 0.05) is 5.56 Å². The molecule has 0 bridgehead atoms. The first-order valence-electron chi connectivity index (χ1n) is 6.19. The quantitative estimate of drug-likeness (QED) is 0.583. The van der Waals surface area contributed by atoms with E-state index in [9.17, 15) is 4.79 Å². The number of rotatable bonds is 3. The zero-order chi connectivity index (χ0) is 13.8. The van der Waals surface area contributed by atoms with Gasteiger partial charge in [-0.25, -0.2) is 5.43 Å². The van der Waals surface area contributed by atoms with Crippen LogP contribution in [0, 0.1) is 0 Å². The number of benzene rings is 2. The van der Waals surface area contributed by atoms with Gasteiger partial charge in [-0.05, 0) is 22.9 Å². The summed E-state index contributed by atoms with van der Waals surface area (Å²) >= 11 is 0. The van der Waals surface area contributed by atoms with Crippen molar-refractivity contribution in [1.29, 1.82) is 0 Å². The third kappa shape index (κ3) is 2.44. The van der Waals surface area contributed by atoms with Gasteiger partial charge >= 0.3 is 5.91 Å². The van der Waals surface area contributed by atoms with E-state index in [2.05, 4.69) is 10.5 Å². The minimum Gasteiger partial charge on any atom is -0.459 e. The molecular weight excluding hydrogens is 252 g/mol. The second kappa shape index (κ2) is 5.40. The first kappa shape index (κ1) is 12.2. The van der Waals surface area contributed by atoms with Crippen LogP contribution in [0.15, 0.2) is 70.4 Å². The molecule has 1 heterocycles. The molecule has 2 aromatic carbocycles. The Bertz CT molecular complexity index is 756. The van der Waals surface area contributed by atoms with E-state index in [1.807, 2.05) is 42.5 Å². The van der Waals surface area contributed by atoms with Gasteiger partial charge in [0.15, 0.2) is 5.76 Å². The van der Waals surface area contributed by atoms with Crippen LogP contribution in [0.2, 0.25) is 0 Å². The van der Waals surface area contributed by atoms with E-state index in [0.717, 1.165) is 16.3 Å². The Morgan fingerprint density at radius 1 is 1.05 bits per heavy atom. The van der Waals surface area contributed by atoms with Crippen LogP contribution >= 0.6 is 0 Å². The SMILES string of the molecule is O=C(N/N=C/c1cccc2ccccc12)c1ccco1. The van der Waals surface area contributed by atoms with Gasteiger partial charge in [-0.1, -0.05) is 42.5 Å². The zero-order valence-corrected chi connectivity index (χ0v) is 10.6. The molecule has 0 aliphatic heterocycles. The maximum atomic E-state index is 11.6. The molecule has 0 unspecified atom stereocenters. The Labute approximate surface area is 115 Å². The molecule has 0 spiro atoms. The molecule has 0 saturated heterocycles. The van der Waals surface area contributed by atoms with Crippen LogP contribution < -0.4 is 5.43 Å². The maximum absolute atomic E-state index is 11.6. The predicted molar refractivity (Wildman–Crippen MR) is 77.7 cm³/mol. The molecule has 3 rings (SSSR count). The summed E-state index contributed by atoms with van der Waals surface area (Å²) in [6.45, 7) is 0. The van der Waals surface area contributed by atoms with Gasteiger partial charge in [-0.3, -0.25) is 4.79 Å². The molecular formula is C16H12N2O2. The largest absolute Gasteiger partial charge is 0.459 e. The van der Waals surface area contributed by atoms with Crippen molar-refractivity contribution >= 4 is 22.9 Å². The molecule has 20 heavy (non-hydrogen) atoms. The molecule has 0 saturated carbocycles. The Hall–Kier alpha value is -2.88. The summed E-state index contributed by atoms with van der Waals surface area (Å²) in [4.78, 5) is 11.6. The van der Waals surface area contributed by atoms with Crippen molar-refractivity contribution in [3.05, 3.63) is 72.2 Å². The third-order valence-corrected chi connectivity index (χ3v) is 2.94. The molecule has 4 nitrogen and oxygen atoms in total. The van der Waals surface area contributed by atoms with Crippen molar-refractivity contribution in [1.82, 2.24) is 5.43 Å². The second-order valence-corrected chi connectivity index (χ2v) is 4.24. The number of hydrazone groups is 1. The minimum atomic E-state index is -0.369. The summed E-state index contributed by atoms with van der Waals surface area (Å²) in [6.07, 6.45) is 3.08. The number of furan rings is 1. The monoisotopic (exact) mass is 264 g/mol. The van der Waals surface area contributed by atoms with Crippen LogP contribution in [0.5, 0.6) is 0 Å². The van der Waals surface area contributed by atoms with Crippen LogP contribution in [0.3, 0.4) is 0 Å². The summed E-state index contributed by atoms with van der Waals surface area (Å²) < 4.78 is 4.98. The highest BCUT2D eigenvalue weighted by atomic mass is 16.3. The van der Waals surface area contributed by atoms with E-state index in [4.69, 9.17) is 4.42 Å². The minimum absolute atomic E-state index is 0.236. The first-order chi connectivity index (χ1) is 9.84. The van der Waals surface area contributed by atoms with Crippen molar-refractivity contribution < 1.29 is 9.21 Å². The number of nitrogens with one attached hydrogen (secondary N) is 1. The standard InChI is InChI=1S/C16H12N2O2/c19-16(15-9-4-10-20-15)18-17-11-13-7-3-6-12-5-1-2-8-14(12)13/h1-11H,(H,18,19)/b17-11+. The topological polar surface area (TPSA) is 54.6 Å². The average Bonchev–Trinajstić information content (AvgIpc) is 3.02. The smallest absolute Gasteiger partial charge is 0.307 e. The highest BCUT2D eigenvalue weighted by Crippen LogP contribution is 2.16. The highest BCUT2D eigenvalue weighted by Gasteiger charge is 2.05. The fraction of sp³-hybridized carbons (Fsp3) is 0. The molecule has 0 aliphatic rings. The molecule has 0 aliphatic carbocycles. The number of amides is 1. The summed E-state index contributed by atoms with van der Waals surface area (Å²) in [5, 5.41) is 6.19. The van der Waals surface area contributed by atoms with Gasteiger partial charge in [-0.15, -0.1) is 0 Å². The number of hydrogen-bond acceptors (Lipinski definition) is 3. The van der Waals surface area contributed by atoms with Crippen LogP contribution in [-0.2, 0) is 0 Å². The van der Waals surface area contributed by atoms with Crippen LogP contribution in [-0.4, -0.2) is 12.1 Å². The highest BCUT2D eigenvalue weighted by molar-refractivity contribution is 6.00. The maximum Gasteiger partial charge on any atom is 0.307 e. The second-order valence-electron chi connectivity index (χ2n) is 4.24. The van der Waals surface area contributed by atoms with E-state index in [1.165, 1.54) is 6.26 Å². The van der Waals surface area contributed by atoms with Gasteiger partial charge in [0.05, 0.1) is 12.5 Å². The van der Waals surface area contributed by atoms with E-state index < -0.39 is 0 Å². The lowest BCUT2D eigenvalue weighted by molar-refractivity contribution is 0.0927. The first-order valence-corrected chi connectivity index (χ1v) is 6.19. The van der Waals surface area contributed by atoms with Gasteiger partial charge in [0.25, 0.3) is 0 Å².